The molecule has 0 atom stereocenters. The topological polar surface area (TPSA) is 59.3 Å². The molecule has 0 bridgehead atoms. The predicted octanol–water partition coefficient (Wildman–Crippen LogP) is 4.99. The number of aromatic nitrogens is 3. The lowest BCUT2D eigenvalue weighted by atomic mass is 10.1. The Morgan fingerprint density at radius 1 is 1.10 bits per heavy atom. The van der Waals surface area contributed by atoms with Crippen LogP contribution in [0.3, 0.4) is 0 Å². The molecule has 0 aliphatic heterocycles. The van der Waals surface area contributed by atoms with Crippen molar-refractivity contribution in [1.29, 1.82) is 0 Å². The van der Waals surface area contributed by atoms with Gasteiger partial charge in [0.2, 0.25) is 0 Å². The number of halogens is 2. The van der Waals surface area contributed by atoms with E-state index in [0.717, 1.165) is 5.56 Å². The smallest absolute Gasteiger partial charge is 0.270 e. The first-order valence-electron chi connectivity index (χ1n) is 9.15. The van der Waals surface area contributed by atoms with Crippen molar-refractivity contribution in [1.82, 2.24) is 19.9 Å². The first-order valence-corrected chi connectivity index (χ1v) is 9.52. The molecule has 0 unspecified atom stereocenters. The van der Waals surface area contributed by atoms with Gasteiger partial charge in [0.1, 0.15) is 11.5 Å². The number of nitrogens with zero attached hydrogens (tertiary/aromatic N) is 3. The van der Waals surface area contributed by atoms with Gasteiger partial charge in [0.05, 0.1) is 11.4 Å². The second kappa shape index (κ2) is 7.64. The minimum atomic E-state index is -0.404. The zero-order valence-electron chi connectivity index (χ0n) is 15.9. The minimum Gasteiger partial charge on any atom is -0.349 e. The molecule has 4 aromatic rings. The van der Waals surface area contributed by atoms with Crippen LogP contribution >= 0.6 is 11.6 Å². The molecule has 0 fully saturated rings. The molecule has 0 saturated heterocycles. The molecule has 1 N–H and O–H groups in total. The summed E-state index contributed by atoms with van der Waals surface area (Å²) in [6, 6.07) is 16.9. The van der Waals surface area contributed by atoms with Gasteiger partial charge in [-0.1, -0.05) is 35.9 Å². The number of amides is 1. The highest BCUT2D eigenvalue weighted by molar-refractivity contribution is 6.30. The van der Waals surface area contributed by atoms with Gasteiger partial charge in [-0.25, -0.2) is 13.9 Å². The van der Waals surface area contributed by atoms with Crippen molar-refractivity contribution in [3.63, 3.8) is 0 Å². The van der Waals surface area contributed by atoms with E-state index in [-0.39, 0.29) is 17.6 Å². The Kier molecular flexibility index (Phi) is 5.03. The van der Waals surface area contributed by atoms with Gasteiger partial charge in [-0.2, -0.15) is 5.10 Å². The van der Waals surface area contributed by atoms with Crippen LogP contribution in [0.25, 0.3) is 28.2 Å². The number of hydrogen-bond acceptors (Lipinski definition) is 3. The van der Waals surface area contributed by atoms with Crippen molar-refractivity contribution in [2.75, 3.05) is 0 Å². The molecule has 2 aromatic carbocycles. The molecule has 0 aliphatic carbocycles. The van der Waals surface area contributed by atoms with Crippen LogP contribution in [-0.4, -0.2) is 26.5 Å². The van der Waals surface area contributed by atoms with E-state index in [2.05, 4.69) is 15.4 Å². The summed E-state index contributed by atoms with van der Waals surface area (Å²) in [5, 5.41) is 8.05. The molecule has 0 aliphatic rings. The lowest BCUT2D eigenvalue weighted by Crippen LogP contribution is -2.31. The van der Waals surface area contributed by atoms with Crippen molar-refractivity contribution in [3.05, 3.63) is 77.2 Å². The maximum Gasteiger partial charge on any atom is 0.270 e. The van der Waals surface area contributed by atoms with Gasteiger partial charge in [0.15, 0.2) is 5.65 Å². The normalized spacial score (nSPS) is 11.2. The summed E-state index contributed by atoms with van der Waals surface area (Å²) >= 11 is 5.97. The third-order valence-corrected chi connectivity index (χ3v) is 4.62. The van der Waals surface area contributed by atoms with Crippen LogP contribution in [-0.2, 0) is 0 Å². The summed E-state index contributed by atoms with van der Waals surface area (Å²) in [6.07, 6.45) is 0. The lowest BCUT2D eigenvalue weighted by Gasteiger charge is -2.11. The van der Waals surface area contributed by atoms with Crippen LogP contribution < -0.4 is 5.32 Å². The molecule has 1 amide bonds. The molecule has 5 nitrogen and oxygen atoms in total. The third kappa shape index (κ3) is 3.84. The molecular weight excluding hydrogens is 391 g/mol. The van der Waals surface area contributed by atoms with Gasteiger partial charge in [-0.05, 0) is 44.2 Å². The van der Waals surface area contributed by atoms with Crippen LogP contribution in [0, 0.1) is 5.82 Å². The first-order chi connectivity index (χ1) is 13.9. The van der Waals surface area contributed by atoms with Crippen LogP contribution in [0.2, 0.25) is 5.02 Å². The van der Waals surface area contributed by atoms with E-state index in [4.69, 9.17) is 11.6 Å². The van der Waals surface area contributed by atoms with Crippen molar-refractivity contribution in [2.24, 2.45) is 0 Å². The fourth-order valence-electron chi connectivity index (χ4n) is 3.05. The molecule has 7 heteroatoms. The zero-order valence-corrected chi connectivity index (χ0v) is 16.6. The zero-order chi connectivity index (χ0) is 20.5. The summed E-state index contributed by atoms with van der Waals surface area (Å²) in [5.41, 5.74) is 2.92. The average Bonchev–Trinajstić information content (AvgIpc) is 3.12. The maximum absolute atomic E-state index is 14.5. The first kappa shape index (κ1) is 19.1. The van der Waals surface area contributed by atoms with Crippen molar-refractivity contribution in [3.8, 4) is 22.5 Å². The highest BCUT2D eigenvalue weighted by atomic mass is 35.5. The molecule has 0 saturated carbocycles. The Hall–Kier alpha value is -3.25. The van der Waals surface area contributed by atoms with E-state index in [1.807, 2.05) is 26.0 Å². The Balaban J connectivity index is 1.93. The Bertz CT molecular complexity index is 1200. The van der Waals surface area contributed by atoms with Crippen LogP contribution in [0.15, 0.2) is 60.7 Å². The second-order valence-corrected chi connectivity index (χ2v) is 7.38. The molecule has 2 heterocycles. The number of nitrogens with one attached hydrogen (secondary N) is 1. The van der Waals surface area contributed by atoms with E-state index in [1.54, 1.807) is 47.0 Å². The van der Waals surface area contributed by atoms with Gasteiger partial charge in [-0.3, -0.25) is 4.79 Å². The quantitative estimate of drug-likeness (QED) is 0.517. The van der Waals surface area contributed by atoms with E-state index >= 15 is 0 Å². The highest BCUT2D eigenvalue weighted by Gasteiger charge is 2.18. The van der Waals surface area contributed by atoms with E-state index in [9.17, 15) is 9.18 Å². The van der Waals surface area contributed by atoms with E-state index in [0.29, 0.717) is 27.6 Å². The van der Waals surface area contributed by atoms with Crippen LogP contribution in [0.5, 0.6) is 0 Å². The lowest BCUT2D eigenvalue weighted by molar-refractivity contribution is 0.0938. The van der Waals surface area contributed by atoms with Crippen molar-refractivity contribution < 1.29 is 9.18 Å². The summed E-state index contributed by atoms with van der Waals surface area (Å²) < 4.78 is 16.1. The number of rotatable bonds is 4. The van der Waals surface area contributed by atoms with Crippen LogP contribution in [0.4, 0.5) is 4.39 Å². The van der Waals surface area contributed by atoms with Crippen molar-refractivity contribution in [2.45, 2.75) is 19.9 Å². The average molecular weight is 409 g/mol. The SMILES string of the molecule is CC(C)NC(=O)c1cc(-c2ccccc2F)n2nc(-c3ccc(Cl)cc3)cc2n1. The second-order valence-electron chi connectivity index (χ2n) is 6.94. The van der Waals surface area contributed by atoms with Gasteiger partial charge in [0, 0.05) is 28.3 Å². The largest absolute Gasteiger partial charge is 0.349 e. The summed E-state index contributed by atoms with van der Waals surface area (Å²) in [4.78, 5) is 17.0. The number of carbonyl (C=O) groups excluding carboxylic acids is 1. The number of carbonyl (C=O) groups is 1. The fraction of sp³-hybridized carbons (Fsp3) is 0.136. The molecule has 146 valence electrons. The number of hydrogen-bond donors (Lipinski definition) is 1. The summed E-state index contributed by atoms with van der Waals surface area (Å²) in [6.45, 7) is 3.73. The standard InChI is InChI=1S/C22H18ClFN4O/c1-13(2)25-22(29)19-11-20(16-5-3-4-6-17(16)24)28-21(26-19)12-18(27-28)14-7-9-15(23)10-8-14/h3-13H,1-2H3,(H,25,29). The van der Waals surface area contributed by atoms with E-state index in [1.165, 1.54) is 6.07 Å². The Morgan fingerprint density at radius 2 is 1.83 bits per heavy atom. The fourth-order valence-corrected chi connectivity index (χ4v) is 3.18. The number of benzene rings is 2. The van der Waals surface area contributed by atoms with Gasteiger partial charge in [0.25, 0.3) is 5.91 Å². The molecule has 4 rings (SSSR count). The summed E-state index contributed by atoms with van der Waals surface area (Å²) in [7, 11) is 0. The highest BCUT2D eigenvalue weighted by Crippen LogP contribution is 2.27. The predicted molar refractivity (Wildman–Crippen MR) is 111 cm³/mol. The third-order valence-electron chi connectivity index (χ3n) is 4.37. The molecule has 29 heavy (non-hydrogen) atoms. The van der Waals surface area contributed by atoms with Gasteiger partial charge >= 0.3 is 0 Å². The summed E-state index contributed by atoms with van der Waals surface area (Å²) in [5.74, 6) is -0.729. The van der Waals surface area contributed by atoms with Gasteiger partial charge < -0.3 is 5.32 Å². The maximum atomic E-state index is 14.5. The minimum absolute atomic E-state index is 0.0491. The molecule has 0 spiro atoms. The molecule has 2 aromatic heterocycles. The number of fused-ring (bicyclic) bond motifs is 1. The van der Waals surface area contributed by atoms with Crippen molar-refractivity contribution >= 4 is 23.2 Å². The molecular formula is C22H18ClFN4O. The Morgan fingerprint density at radius 3 is 2.52 bits per heavy atom. The monoisotopic (exact) mass is 408 g/mol. The molecule has 0 radical (unpaired) electrons. The van der Waals surface area contributed by atoms with Gasteiger partial charge in [-0.15, -0.1) is 0 Å². The van der Waals surface area contributed by atoms with Crippen LogP contribution in [0.1, 0.15) is 24.3 Å². The Labute approximate surface area is 172 Å². The van der Waals surface area contributed by atoms with E-state index < -0.39 is 5.82 Å².